The summed E-state index contributed by atoms with van der Waals surface area (Å²) in [6, 6.07) is -1.47. The Balaban J connectivity index is 4.36. The number of phosphoric acid groups is 1. The summed E-state index contributed by atoms with van der Waals surface area (Å²) in [6.45, 7) is 3.77. The van der Waals surface area contributed by atoms with Crippen molar-refractivity contribution < 1.29 is 42.7 Å². The van der Waals surface area contributed by atoms with Crippen molar-refractivity contribution in [2.45, 2.75) is 161 Å². The largest absolute Gasteiger partial charge is 0.480 e. The summed E-state index contributed by atoms with van der Waals surface area (Å²) in [5.74, 6) is -1.79. The lowest BCUT2D eigenvalue weighted by Crippen LogP contribution is -2.34. The SMILES string of the molecule is CCCC/C=C\CCCCCCCCOCC(COP(=O)(O)OCC(N)C(=O)O)OC(=O)CCCCCCC/C=C\CCCCC. The number of hydrogen-bond donors (Lipinski definition) is 3. The first kappa shape index (κ1) is 44.5. The molecule has 3 atom stereocenters. The van der Waals surface area contributed by atoms with Gasteiger partial charge in [0.1, 0.15) is 12.1 Å². The van der Waals surface area contributed by atoms with Crippen LogP contribution < -0.4 is 5.73 Å². The molecule has 0 bridgehead atoms. The maximum atomic E-state index is 12.5. The number of ether oxygens (including phenoxy) is 2. The van der Waals surface area contributed by atoms with Crippen LogP contribution in [0.4, 0.5) is 0 Å². The van der Waals surface area contributed by atoms with Gasteiger partial charge in [0.15, 0.2) is 0 Å². The van der Waals surface area contributed by atoms with Gasteiger partial charge in [-0.2, -0.15) is 0 Å². The molecular formula is C35H66NO9P. The Bertz CT molecular complexity index is 837. The van der Waals surface area contributed by atoms with Crippen LogP contribution in [-0.4, -0.2) is 60.5 Å². The van der Waals surface area contributed by atoms with Crippen LogP contribution >= 0.6 is 7.82 Å². The van der Waals surface area contributed by atoms with E-state index in [9.17, 15) is 19.0 Å². The summed E-state index contributed by atoms with van der Waals surface area (Å²) >= 11 is 0. The van der Waals surface area contributed by atoms with E-state index >= 15 is 0 Å². The van der Waals surface area contributed by atoms with Crippen molar-refractivity contribution in [1.29, 1.82) is 0 Å². The van der Waals surface area contributed by atoms with Gasteiger partial charge in [-0.25, -0.2) is 4.57 Å². The van der Waals surface area contributed by atoms with Crippen LogP contribution in [0.1, 0.15) is 149 Å². The highest BCUT2D eigenvalue weighted by atomic mass is 31.2. The van der Waals surface area contributed by atoms with E-state index in [0.29, 0.717) is 13.0 Å². The second kappa shape index (κ2) is 32.0. The first-order valence-electron chi connectivity index (χ1n) is 17.9. The fourth-order valence-corrected chi connectivity index (χ4v) is 5.36. The number of phosphoric ester groups is 1. The molecule has 0 saturated heterocycles. The first-order valence-corrected chi connectivity index (χ1v) is 19.4. The fraction of sp³-hybridized carbons (Fsp3) is 0.829. The smallest absolute Gasteiger partial charge is 0.472 e. The molecule has 0 rings (SSSR count). The van der Waals surface area contributed by atoms with Crippen molar-refractivity contribution in [1.82, 2.24) is 0 Å². The van der Waals surface area contributed by atoms with Crippen molar-refractivity contribution >= 4 is 19.8 Å². The molecular weight excluding hydrogens is 609 g/mol. The molecule has 0 aliphatic heterocycles. The van der Waals surface area contributed by atoms with Crippen LogP contribution in [0.25, 0.3) is 0 Å². The molecule has 46 heavy (non-hydrogen) atoms. The van der Waals surface area contributed by atoms with Crippen molar-refractivity contribution in [2.75, 3.05) is 26.4 Å². The average molecular weight is 676 g/mol. The highest BCUT2D eigenvalue weighted by Gasteiger charge is 2.27. The topological polar surface area (TPSA) is 155 Å². The highest BCUT2D eigenvalue weighted by Crippen LogP contribution is 2.43. The zero-order valence-corrected chi connectivity index (χ0v) is 29.8. The number of aliphatic carboxylic acids is 1. The Morgan fingerprint density at radius 3 is 1.72 bits per heavy atom. The van der Waals surface area contributed by atoms with Gasteiger partial charge in [0.25, 0.3) is 0 Å². The summed E-state index contributed by atoms with van der Waals surface area (Å²) in [5.41, 5.74) is 5.32. The van der Waals surface area contributed by atoms with E-state index < -0.39 is 45.1 Å². The normalized spacial score (nSPS) is 14.5. The minimum Gasteiger partial charge on any atom is -0.480 e. The molecule has 4 N–H and O–H groups in total. The van der Waals surface area contributed by atoms with E-state index in [0.717, 1.165) is 64.2 Å². The van der Waals surface area contributed by atoms with Crippen molar-refractivity contribution in [3.05, 3.63) is 24.3 Å². The second-order valence-corrected chi connectivity index (χ2v) is 13.4. The van der Waals surface area contributed by atoms with Crippen LogP contribution in [0, 0.1) is 0 Å². The maximum absolute atomic E-state index is 12.5. The van der Waals surface area contributed by atoms with E-state index in [1.54, 1.807) is 0 Å². The second-order valence-electron chi connectivity index (χ2n) is 12.0. The molecule has 11 heteroatoms. The van der Waals surface area contributed by atoms with Gasteiger partial charge in [-0.05, 0) is 57.8 Å². The number of unbranched alkanes of at least 4 members (excludes halogenated alkanes) is 16. The molecule has 270 valence electrons. The number of carboxylic acids is 1. The van der Waals surface area contributed by atoms with Gasteiger partial charge in [0, 0.05) is 13.0 Å². The fourth-order valence-electron chi connectivity index (χ4n) is 4.58. The van der Waals surface area contributed by atoms with E-state index in [1.165, 1.54) is 57.8 Å². The molecule has 0 heterocycles. The quantitative estimate of drug-likeness (QED) is 0.0261. The molecule has 10 nitrogen and oxygen atoms in total. The summed E-state index contributed by atoms with van der Waals surface area (Å²) in [5, 5.41) is 8.84. The predicted molar refractivity (Wildman–Crippen MR) is 185 cm³/mol. The van der Waals surface area contributed by atoms with Crippen LogP contribution in [0.15, 0.2) is 24.3 Å². The number of esters is 1. The number of carbonyl (C=O) groups is 2. The number of rotatable bonds is 34. The van der Waals surface area contributed by atoms with Crippen molar-refractivity contribution in [3.63, 3.8) is 0 Å². The van der Waals surface area contributed by atoms with Crippen LogP contribution in [0.2, 0.25) is 0 Å². The molecule has 0 spiro atoms. The standard InChI is InChI=1S/C35H66NO9P/c1-3-5-7-9-11-13-15-17-19-21-23-25-27-34(37)45-32(30-43-46(40,41)44-31-33(36)35(38)39)29-42-28-26-24-22-20-18-16-14-12-10-8-6-4-2/h10-13,32-33H,3-9,14-31,36H2,1-2H3,(H,38,39)(H,40,41)/b12-10-,13-11-. The Morgan fingerprint density at radius 1 is 0.674 bits per heavy atom. The molecule has 3 unspecified atom stereocenters. The van der Waals surface area contributed by atoms with Crippen molar-refractivity contribution in [2.24, 2.45) is 5.73 Å². The molecule has 0 saturated carbocycles. The molecule has 0 aliphatic rings. The number of hydrogen-bond acceptors (Lipinski definition) is 8. The highest BCUT2D eigenvalue weighted by molar-refractivity contribution is 7.47. The van der Waals surface area contributed by atoms with Gasteiger partial charge < -0.3 is 25.2 Å². The maximum Gasteiger partial charge on any atom is 0.472 e. The molecule has 0 amide bonds. The average Bonchev–Trinajstić information content (AvgIpc) is 3.03. The van der Waals surface area contributed by atoms with Crippen LogP contribution in [0.5, 0.6) is 0 Å². The zero-order valence-electron chi connectivity index (χ0n) is 28.9. The van der Waals surface area contributed by atoms with Gasteiger partial charge in [-0.3, -0.25) is 18.6 Å². The van der Waals surface area contributed by atoms with Gasteiger partial charge in [0.05, 0.1) is 19.8 Å². The summed E-state index contributed by atoms with van der Waals surface area (Å²) in [7, 11) is -4.61. The van der Waals surface area contributed by atoms with E-state index in [1.807, 2.05) is 0 Å². The summed E-state index contributed by atoms with van der Waals surface area (Å²) < 4.78 is 33.1. The van der Waals surface area contributed by atoms with Gasteiger partial charge >= 0.3 is 19.8 Å². The summed E-state index contributed by atoms with van der Waals surface area (Å²) in [6.07, 6.45) is 30.9. The number of carboxylic acid groups (broad SMARTS) is 1. The lowest BCUT2D eigenvalue weighted by atomic mass is 10.1. The third-order valence-corrected chi connectivity index (χ3v) is 8.40. The minimum atomic E-state index is -4.61. The number of carbonyl (C=O) groups excluding carboxylic acids is 1. The Labute approximate surface area is 279 Å². The van der Waals surface area contributed by atoms with E-state index in [4.69, 9.17) is 24.8 Å². The molecule has 0 aromatic rings. The van der Waals surface area contributed by atoms with Crippen LogP contribution in [-0.2, 0) is 32.7 Å². The Hall–Kier alpha value is -1.55. The lowest BCUT2D eigenvalue weighted by molar-refractivity contribution is -0.154. The minimum absolute atomic E-state index is 0.0106. The molecule has 0 fully saturated rings. The summed E-state index contributed by atoms with van der Waals surface area (Å²) in [4.78, 5) is 33.3. The monoisotopic (exact) mass is 675 g/mol. The Kier molecular flexibility index (Phi) is 30.9. The van der Waals surface area contributed by atoms with E-state index in [-0.39, 0.29) is 13.0 Å². The molecule has 0 radical (unpaired) electrons. The lowest BCUT2D eigenvalue weighted by Gasteiger charge is -2.20. The molecule has 0 aromatic heterocycles. The Morgan fingerprint density at radius 2 is 1.15 bits per heavy atom. The van der Waals surface area contributed by atoms with E-state index in [2.05, 4.69) is 42.7 Å². The van der Waals surface area contributed by atoms with Gasteiger partial charge in [-0.1, -0.05) is 109 Å². The third-order valence-electron chi connectivity index (χ3n) is 7.45. The molecule has 0 aromatic carbocycles. The molecule has 0 aliphatic carbocycles. The van der Waals surface area contributed by atoms with Crippen molar-refractivity contribution in [3.8, 4) is 0 Å². The predicted octanol–water partition coefficient (Wildman–Crippen LogP) is 8.80. The third kappa shape index (κ3) is 31.1. The number of allylic oxidation sites excluding steroid dienone is 4. The zero-order chi connectivity index (χ0) is 34.1. The first-order chi connectivity index (χ1) is 22.2. The van der Waals surface area contributed by atoms with Gasteiger partial charge in [-0.15, -0.1) is 0 Å². The number of nitrogens with two attached hydrogens (primary N) is 1. The van der Waals surface area contributed by atoms with Gasteiger partial charge in [0.2, 0.25) is 0 Å². The van der Waals surface area contributed by atoms with Crippen LogP contribution in [0.3, 0.4) is 0 Å².